The molecular formula is C8H8Cl2F2N2O3S. The summed E-state index contributed by atoms with van der Waals surface area (Å²) in [6.45, 7) is -2.69. The van der Waals surface area contributed by atoms with Crippen LogP contribution < -0.4 is 4.72 Å². The Kier molecular flexibility index (Phi) is 4.84. The first-order valence-corrected chi connectivity index (χ1v) is 6.71. The van der Waals surface area contributed by atoms with E-state index in [2.05, 4.69) is 4.98 Å². The summed E-state index contributed by atoms with van der Waals surface area (Å²) in [6.07, 6.45) is 0.883. The zero-order chi connectivity index (χ0) is 14.0. The van der Waals surface area contributed by atoms with Crippen LogP contribution in [0.2, 0.25) is 10.2 Å². The minimum atomic E-state index is -4.19. The fraction of sp³-hybridized carbons (Fsp3) is 0.375. The summed E-state index contributed by atoms with van der Waals surface area (Å²) in [5.41, 5.74) is 0. The van der Waals surface area contributed by atoms with Crippen molar-refractivity contribution in [2.45, 2.75) is 10.8 Å². The van der Waals surface area contributed by atoms with Crippen LogP contribution >= 0.6 is 23.2 Å². The van der Waals surface area contributed by atoms with Gasteiger partial charge < -0.3 is 5.11 Å². The Bertz CT molecular complexity index is 539. The van der Waals surface area contributed by atoms with E-state index in [-0.39, 0.29) is 10.2 Å². The number of aromatic nitrogens is 1. The van der Waals surface area contributed by atoms with Crippen molar-refractivity contribution in [3.05, 3.63) is 22.4 Å². The van der Waals surface area contributed by atoms with E-state index in [0.29, 0.717) is 0 Å². The summed E-state index contributed by atoms with van der Waals surface area (Å²) in [4.78, 5) is 3.09. The molecule has 0 aromatic carbocycles. The van der Waals surface area contributed by atoms with E-state index < -0.39 is 34.0 Å². The van der Waals surface area contributed by atoms with Crippen molar-refractivity contribution in [2.24, 2.45) is 0 Å². The number of sulfonamides is 1. The maximum Gasteiger partial charge on any atom is 0.283 e. The number of alkyl halides is 2. The lowest BCUT2D eigenvalue weighted by Crippen LogP contribution is -2.38. The molecule has 0 spiro atoms. The van der Waals surface area contributed by atoms with Gasteiger partial charge in [-0.2, -0.15) is 0 Å². The lowest BCUT2D eigenvalue weighted by molar-refractivity contribution is -0.0437. The minimum absolute atomic E-state index is 0.101. The zero-order valence-corrected chi connectivity index (χ0v) is 11.0. The van der Waals surface area contributed by atoms with Gasteiger partial charge in [0.25, 0.3) is 5.92 Å². The van der Waals surface area contributed by atoms with Crippen molar-refractivity contribution >= 4 is 33.2 Å². The third kappa shape index (κ3) is 3.99. The largest absolute Gasteiger partial charge is 0.390 e. The fourth-order valence-electron chi connectivity index (χ4n) is 0.890. The first-order valence-electron chi connectivity index (χ1n) is 4.47. The maximum absolute atomic E-state index is 12.7. The van der Waals surface area contributed by atoms with Crippen molar-refractivity contribution in [1.82, 2.24) is 9.71 Å². The van der Waals surface area contributed by atoms with Crippen molar-refractivity contribution in [3.8, 4) is 0 Å². The molecular weight excluding hydrogens is 313 g/mol. The third-order valence-corrected chi connectivity index (χ3v) is 3.89. The number of hydrogen-bond acceptors (Lipinski definition) is 4. The SMILES string of the molecule is O=S(=O)(NCC(F)(F)CO)c1cnc(Cl)c(Cl)c1. The van der Waals surface area contributed by atoms with Gasteiger partial charge in [0.1, 0.15) is 16.7 Å². The van der Waals surface area contributed by atoms with Gasteiger partial charge in [-0.05, 0) is 6.07 Å². The van der Waals surface area contributed by atoms with Crippen LogP contribution in [-0.2, 0) is 10.0 Å². The van der Waals surface area contributed by atoms with Gasteiger partial charge in [0.2, 0.25) is 10.0 Å². The highest BCUT2D eigenvalue weighted by atomic mass is 35.5. The van der Waals surface area contributed by atoms with Gasteiger partial charge in [0.15, 0.2) is 0 Å². The van der Waals surface area contributed by atoms with E-state index in [4.69, 9.17) is 28.3 Å². The van der Waals surface area contributed by atoms with Gasteiger partial charge >= 0.3 is 0 Å². The molecule has 0 bridgehead atoms. The number of nitrogens with one attached hydrogen (secondary N) is 1. The first-order chi connectivity index (χ1) is 8.18. The second kappa shape index (κ2) is 5.62. The Hall–Kier alpha value is -0.540. The number of hydrogen-bond donors (Lipinski definition) is 2. The lowest BCUT2D eigenvalue weighted by atomic mass is 10.4. The monoisotopic (exact) mass is 320 g/mol. The lowest BCUT2D eigenvalue weighted by Gasteiger charge is -2.14. The molecule has 0 aliphatic heterocycles. The highest BCUT2D eigenvalue weighted by Crippen LogP contribution is 2.22. The van der Waals surface area contributed by atoms with Crippen molar-refractivity contribution < 1.29 is 22.3 Å². The molecule has 102 valence electrons. The molecule has 1 aromatic heterocycles. The van der Waals surface area contributed by atoms with E-state index in [1.807, 2.05) is 0 Å². The number of nitrogens with zero attached hydrogens (tertiary/aromatic N) is 1. The smallest absolute Gasteiger partial charge is 0.283 e. The van der Waals surface area contributed by atoms with Gasteiger partial charge in [-0.1, -0.05) is 23.2 Å². The van der Waals surface area contributed by atoms with Crippen LogP contribution in [0, 0.1) is 0 Å². The van der Waals surface area contributed by atoms with Crippen molar-refractivity contribution in [2.75, 3.05) is 13.2 Å². The minimum Gasteiger partial charge on any atom is -0.390 e. The summed E-state index contributed by atoms with van der Waals surface area (Å²) in [5, 5.41) is 8.09. The van der Waals surface area contributed by atoms with Crippen LogP contribution in [0.3, 0.4) is 0 Å². The molecule has 0 aliphatic carbocycles. The van der Waals surface area contributed by atoms with Crippen LogP contribution in [0.15, 0.2) is 17.2 Å². The van der Waals surface area contributed by atoms with Crippen LogP contribution in [0.1, 0.15) is 0 Å². The summed E-state index contributed by atoms with van der Waals surface area (Å²) >= 11 is 11.1. The number of pyridine rings is 1. The first kappa shape index (κ1) is 15.5. The highest BCUT2D eigenvalue weighted by molar-refractivity contribution is 7.89. The third-order valence-electron chi connectivity index (χ3n) is 1.83. The molecule has 5 nitrogen and oxygen atoms in total. The maximum atomic E-state index is 12.7. The number of rotatable bonds is 5. The second-order valence-electron chi connectivity index (χ2n) is 3.28. The average molecular weight is 321 g/mol. The molecule has 0 unspecified atom stereocenters. The van der Waals surface area contributed by atoms with E-state index in [9.17, 15) is 17.2 Å². The number of aliphatic hydroxyl groups is 1. The summed E-state index contributed by atoms with van der Waals surface area (Å²) in [7, 11) is -4.19. The van der Waals surface area contributed by atoms with Crippen LogP contribution in [0.5, 0.6) is 0 Å². The van der Waals surface area contributed by atoms with Crippen LogP contribution in [-0.4, -0.2) is 37.6 Å². The molecule has 1 heterocycles. The second-order valence-corrected chi connectivity index (χ2v) is 5.81. The van der Waals surface area contributed by atoms with Gasteiger partial charge in [-0.3, -0.25) is 0 Å². The number of halogens is 4. The summed E-state index contributed by atoms with van der Waals surface area (Å²) in [6, 6.07) is 0.982. The summed E-state index contributed by atoms with van der Waals surface area (Å²) in [5.74, 6) is -3.54. The molecule has 0 radical (unpaired) electrons. The molecule has 0 saturated heterocycles. The van der Waals surface area contributed by atoms with E-state index in [0.717, 1.165) is 12.3 Å². The summed E-state index contributed by atoms with van der Waals surface area (Å²) < 4.78 is 50.2. The molecule has 10 heteroatoms. The van der Waals surface area contributed by atoms with Gasteiger partial charge in [-0.15, -0.1) is 0 Å². The Morgan fingerprint density at radius 1 is 1.44 bits per heavy atom. The molecule has 1 aromatic rings. The standard InChI is InChI=1S/C8H8Cl2F2N2O3S/c9-6-1-5(2-13-7(6)10)18(16,17)14-3-8(11,12)4-15/h1-2,14-15H,3-4H2. The van der Waals surface area contributed by atoms with Gasteiger partial charge in [-0.25, -0.2) is 26.9 Å². The van der Waals surface area contributed by atoms with E-state index in [1.165, 1.54) is 0 Å². The molecule has 0 atom stereocenters. The molecule has 0 aliphatic rings. The van der Waals surface area contributed by atoms with Gasteiger partial charge in [0, 0.05) is 6.20 Å². The topological polar surface area (TPSA) is 79.3 Å². The Balaban J connectivity index is 2.90. The Labute approximate surface area is 112 Å². The molecule has 0 amide bonds. The molecule has 18 heavy (non-hydrogen) atoms. The van der Waals surface area contributed by atoms with Gasteiger partial charge in [0.05, 0.1) is 11.6 Å². The predicted molar refractivity (Wildman–Crippen MR) is 61.5 cm³/mol. The molecule has 0 saturated carbocycles. The molecule has 1 rings (SSSR count). The number of aliphatic hydroxyl groups excluding tert-OH is 1. The normalized spacial score (nSPS) is 12.7. The zero-order valence-electron chi connectivity index (χ0n) is 8.70. The molecule has 0 fully saturated rings. The molecule has 2 N–H and O–H groups in total. The Morgan fingerprint density at radius 3 is 2.56 bits per heavy atom. The van der Waals surface area contributed by atoms with E-state index >= 15 is 0 Å². The van der Waals surface area contributed by atoms with Crippen molar-refractivity contribution in [1.29, 1.82) is 0 Å². The van der Waals surface area contributed by atoms with Crippen molar-refractivity contribution in [3.63, 3.8) is 0 Å². The average Bonchev–Trinajstić information content (AvgIpc) is 2.30. The Morgan fingerprint density at radius 2 is 2.06 bits per heavy atom. The predicted octanol–water partition coefficient (Wildman–Crippen LogP) is 1.29. The van der Waals surface area contributed by atoms with E-state index in [1.54, 1.807) is 4.72 Å². The van der Waals surface area contributed by atoms with Crippen LogP contribution in [0.4, 0.5) is 8.78 Å². The quantitative estimate of drug-likeness (QED) is 0.801. The van der Waals surface area contributed by atoms with Crippen LogP contribution in [0.25, 0.3) is 0 Å². The fourth-order valence-corrected chi connectivity index (χ4v) is 2.26. The highest BCUT2D eigenvalue weighted by Gasteiger charge is 2.30.